The molecule has 1 heterocycles. The Bertz CT molecular complexity index is 1040. The first-order chi connectivity index (χ1) is 13.0. The van der Waals surface area contributed by atoms with Crippen LogP contribution in [0, 0.1) is 19.8 Å². The third-order valence-electron chi connectivity index (χ3n) is 5.26. The van der Waals surface area contributed by atoms with Crippen molar-refractivity contribution in [1.29, 1.82) is 0 Å². The zero-order valence-corrected chi connectivity index (χ0v) is 17.2. The van der Waals surface area contributed by atoms with E-state index in [1.54, 1.807) is 0 Å². The van der Waals surface area contributed by atoms with Gasteiger partial charge in [-0.25, -0.2) is 4.57 Å². The average molecular weight is 349 g/mol. The highest BCUT2D eigenvalue weighted by Gasteiger charge is 2.19. The van der Waals surface area contributed by atoms with Gasteiger partial charge in [-0.05, 0) is 71.9 Å². The SMILES string of the molecule is [2H]c1cc2cc(CC(C)C)ccc2c(-c2cc(C([2H])(C)C)cc(C)c2C)[n+]1C. The summed E-state index contributed by atoms with van der Waals surface area (Å²) in [6.07, 6.45) is 1.54. The van der Waals surface area contributed by atoms with Gasteiger partial charge in [-0.2, -0.15) is 0 Å². The van der Waals surface area contributed by atoms with Crippen molar-refractivity contribution in [3.8, 4) is 11.3 Å². The van der Waals surface area contributed by atoms with E-state index in [0.29, 0.717) is 12.1 Å². The number of aryl methyl sites for hydroxylation is 1. The molecule has 1 heteroatoms. The van der Waals surface area contributed by atoms with Crippen LogP contribution in [0.1, 0.15) is 58.6 Å². The molecule has 2 aromatic carbocycles. The van der Waals surface area contributed by atoms with Crippen molar-refractivity contribution in [3.05, 3.63) is 64.8 Å². The topological polar surface area (TPSA) is 3.88 Å². The summed E-state index contributed by atoms with van der Waals surface area (Å²) in [7, 11) is 1.96. The van der Waals surface area contributed by atoms with E-state index >= 15 is 0 Å². The van der Waals surface area contributed by atoms with Gasteiger partial charge in [0.2, 0.25) is 5.69 Å². The number of fused-ring (bicyclic) bond motifs is 1. The Balaban J connectivity index is 2.34. The van der Waals surface area contributed by atoms with Gasteiger partial charge < -0.3 is 0 Å². The van der Waals surface area contributed by atoms with Crippen molar-refractivity contribution in [2.75, 3.05) is 0 Å². The summed E-state index contributed by atoms with van der Waals surface area (Å²) >= 11 is 0. The van der Waals surface area contributed by atoms with Gasteiger partial charge in [-0.3, -0.25) is 0 Å². The minimum Gasteiger partial charge on any atom is -0.200 e. The Labute approximate surface area is 161 Å². The predicted molar refractivity (Wildman–Crippen MR) is 113 cm³/mol. The fourth-order valence-corrected chi connectivity index (χ4v) is 3.68. The molecule has 0 bridgehead atoms. The number of pyridine rings is 1. The van der Waals surface area contributed by atoms with Crippen molar-refractivity contribution < 1.29 is 7.31 Å². The van der Waals surface area contributed by atoms with E-state index in [2.05, 4.69) is 58.0 Å². The fourth-order valence-electron chi connectivity index (χ4n) is 3.68. The third-order valence-corrected chi connectivity index (χ3v) is 5.26. The van der Waals surface area contributed by atoms with Crippen molar-refractivity contribution in [2.24, 2.45) is 13.0 Å². The first-order valence-corrected chi connectivity index (χ1v) is 9.53. The molecule has 0 amide bonds. The summed E-state index contributed by atoms with van der Waals surface area (Å²) in [5.74, 6) is -0.0574. The van der Waals surface area contributed by atoms with Crippen LogP contribution in [-0.4, -0.2) is 0 Å². The highest BCUT2D eigenvalue weighted by Crippen LogP contribution is 2.32. The van der Waals surface area contributed by atoms with Crippen LogP contribution >= 0.6 is 0 Å². The summed E-state index contributed by atoms with van der Waals surface area (Å²) in [4.78, 5) is 0. The smallest absolute Gasteiger partial charge is 0.200 e. The Morgan fingerprint density at radius 3 is 2.42 bits per heavy atom. The summed E-state index contributed by atoms with van der Waals surface area (Å²) < 4.78 is 19.0. The fraction of sp³-hybridized carbons (Fsp3) is 0.400. The van der Waals surface area contributed by atoms with E-state index < -0.39 is 5.89 Å². The largest absolute Gasteiger partial charge is 0.220 e. The number of benzene rings is 2. The zero-order valence-electron chi connectivity index (χ0n) is 19.2. The quantitative estimate of drug-likeness (QED) is 0.489. The normalized spacial score (nSPS) is 13.2. The minimum atomic E-state index is -0.662. The van der Waals surface area contributed by atoms with Gasteiger partial charge in [-0.1, -0.05) is 45.9 Å². The van der Waals surface area contributed by atoms with Gasteiger partial charge in [0.1, 0.15) is 8.42 Å². The third kappa shape index (κ3) is 3.53. The van der Waals surface area contributed by atoms with E-state index in [0.717, 1.165) is 34.0 Å². The lowest BCUT2D eigenvalue weighted by molar-refractivity contribution is -0.659. The molecule has 0 saturated heterocycles. The van der Waals surface area contributed by atoms with Crippen LogP contribution in [0.25, 0.3) is 22.0 Å². The maximum absolute atomic E-state index is 8.53. The molecule has 0 unspecified atom stereocenters. The van der Waals surface area contributed by atoms with Crippen LogP contribution in [0.3, 0.4) is 0 Å². The van der Waals surface area contributed by atoms with E-state index in [-0.39, 0.29) is 0 Å². The monoisotopic (exact) mass is 348 g/mol. The number of aromatic nitrogens is 1. The molecule has 0 atom stereocenters. The highest BCUT2D eigenvalue weighted by molar-refractivity contribution is 5.94. The van der Waals surface area contributed by atoms with Gasteiger partial charge in [0.25, 0.3) is 0 Å². The first kappa shape index (κ1) is 16.1. The first-order valence-electron chi connectivity index (χ1n) is 10.5. The van der Waals surface area contributed by atoms with E-state index in [9.17, 15) is 0 Å². The van der Waals surface area contributed by atoms with Crippen LogP contribution in [0.5, 0.6) is 0 Å². The van der Waals surface area contributed by atoms with Gasteiger partial charge in [0.05, 0.1) is 10.9 Å². The molecule has 3 rings (SSSR count). The lowest BCUT2D eigenvalue weighted by Crippen LogP contribution is -2.31. The number of rotatable bonds is 4. The average Bonchev–Trinajstić information content (AvgIpc) is 2.57. The second-order valence-electron chi connectivity index (χ2n) is 8.17. The van der Waals surface area contributed by atoms with E-state index in [1.165, 1.54) is 16.7 Å². The summed E-state index contributed by atoms with van der Waals surface area (Å²) in [6, 6.07) is 12.9. The van der Waals surface area contributed by atoms with Crippen molar-refractivity contribution >= 4 is 10.8 Å². The second kappa shape index (κ2) is 7.23. The van der Waals surface area contributed by atoms with E-state index in [1.807, 2.05) is 31.5 Å². The zero-order chi connectivity index (χ0) is 20.8. The van der Waals surface area contributed by atoms with Crippen LogP contribution in [0.4, 0.5) is 0 Å². The lowest BCUT2D eigenvalue weighted by Gasteiger charge is -2.15. The van der Waals surface area contributed by atoms with Crippen molar-refractivity contribution in [1.82, 2.24) is 0 Å². The molecule has 1 nitrogen and oxygen atoms in total. The summed E-state index contributed by atoms with van der Waals surface area (Å²) in [5, 5.41) is 2.28. The van der Waals surface area contributed by atoms with Crippen LogP contribution in [0.15, 0.2) is 42.6 Å². The molecule has 26 heavy (non-hydrogen) atoms. The molecular formula is C25H32N+. The molecule has 136 valence electrons. The molecule has 0 aliphatic carbocycles. The van der Waals surface area contributed by atoms with Crippen LogP contribution < -0.4 is 4.57 Å². The predicted octanol–water partition coefficient (Wildman–Crippen LogP) is 6.27. The lowest BCUT2D eigenvalue weighted by atomic mass is 9.90. The molecule has 0 N–H and O–H groups in total. The Hall–Kier alpha value is -2.15. The molecule has 0 aliphatic heterocycles. The molecule has 0 saturated carbocycles. The minimum absolute atomic E-state index is 0.497. The highest BCUT2D eigenvalue weighted by atomic mass is 14.9. The number of nitrogens with zero attached hydrogens (tertiary/aromatic N) is 1. The van der Waals surface area contributed by atoms with Crippen LogP contribution in [-0.2, 0) is 13.5 Å². The molecule has 0 spiro atoms. The Morgan fingerprint density at radius 1 is 1.04 bits per heavy atom. The number of hydrogen-bond donors (Lipinski definition) is 0. The van der Waals surface area contributed by atoms with Gasteiger partial charge in [-0.15, -0.1) is 0 Å². The Kier molecular flexibility index (Phi) is 4.46. The standard InChI is InChI=1S/C25H32N/c1-16(2)12-20-8-9-23-21(14-20)10-11-26(7)25(23)24-15-22(17(3)4)13-18(5)19(24)6/h8-11,13-17H,12H2,1-7H3/q+1/i11D,17D. The molecule has 0 fully saturated rings. The molecule has 1 aromatic heterocycles. The van der Waals surface area contributed by atoms with Gasteiger partial charge in [0, 0.05) is 7.44 Å². The maximum atomic E-state index is 8.53. The second-order valence-corrected chi connectivity index (χ2v) is 8.17. The summed E-state index contributed by atoms with van der Waals surface area (Å²) in [6.45, 7) is 12.6. The molecular weight excluding hydrogens is 314 g/mol. The maximum Gasteiger partial charge on any atom is 0.220 e. The van der Waals surface area contributed by atoms with Crippen molar-refractivity contribution in [2.45, 2.75) is 53.9 Å². The summed E-state index contributed by atoms with van der Waals surface area (Å²) in [5.41, 5.74) is 6.90. The van der Waals surface area contributed by atoms with Gasteiger partial charge >= 0.3 is 0 Å². The molecule has 3 aromatic rings. The molecule has 0 aliphatic rings. The van der Waals surface area contributed by atoms with Gasteiger partial charge in [0.15, 0.2) is 6.17 Å². The van der Waals surface area contributed by atoms with Crippen LogP contribution in [0.2, 0.25) is 0 Å². The van der Waals surface area contributed by atoms with E-state index in [4.69, 9.17) is 2.74 Å². The Morgan fingerprint density at radius 2 is 1.77 bits per heavy atom. The number of hydrogen-bond acceptors (Lipinski definition) is 0. The van der Waals surface area contributed by atoms with Crippen molar-refractivity contribution in [3.63, 3.8) is 0 Å². The molecule has 0 radical (unpaired) electrons.